The molecular formula is C17H16N2O5. The number of benzene rings is 1. The van der Waals surface area contributed by atoms with Crippen LogP contribution in [0.2, 0.25) is 0 Å². The van der Waals surface area contributed by atoms with Crippen molar-refractivity contribution in [2.45, 2.75) is 19.3 Å². The molecule has 0 radical (unpaired) electrons. The molecule has 1 amide bonds. The first-order chi connectivity index (χ1) is 11.4. The Hall–Kier alpha value is -3.09. The molecule has 7 nitrogen and oxygen atoms in total. The maximum absolute atomic E-state index is 12.3. The summed E-state index contributed by atoms with van der Waals surface area (Å²) < 4.78 is 10.5. The van der Waals surface area contributed by atoms with Crippen LogP contribution in [-0.2, 0) is 9.59 Å². The molecule has 1 aliphatic rings. The lowest BCUT2D eigenvalue weighted by molar-refractivity contribution is -0.135. The van der Waals surface area contributed by atoms with E-state index >= 15 is 0 Å². The number of aryl methyl sites for hydroxylation is 1. The highest BCUT2D eigenvalue weighted by atomic mass is 16.5. The number of esters is 1. The molecular weight excluding hydrogens is 312 g/mol. The van der Waals surface area contributed by atoms with Crippen LogP contribution in [0.5, 0.6) is 11.5 Å². The summed E-state index contributed by atoms with van der Waals surface area (Å²) in [7, 11) is 0. The molecule has 2 heterocycles. The number of fused-ring (bicyclic) bond motifs is 1. The van der Waals surface area contributed by atoms with Crippen LogP contribution in [0.25, 0.3) is 0 Å². The van der Waals surface area contributed by atoms with Crippen molar-refractivity contribution in [2.75, 3.05) is 6.61 Å². The number of ether oxygens (including phenoxy) is 2. The average Bonchev–Trinajstić information content (AvgIpc) is 2.51. The minimum Gasteiger partial charge on any atom is -0.484 e. The van der Waals surface area contributed by atoms with Gasteiger partial charge in [-0.1, -0.05) is 12.1 Å². The molecule has 1 unspecified atom stereocenters. The summed E-state index contributed by atoms with van der Waals surface area (Å²) in [5, 5.41) is 0. The Kier molecular flexibility index (Phi) is 4.07. The van der Waals surface area contributed by atoms with Crippen molar-refractivity contribution in [3.63, 3.8) is 0 Å². The minimum absolute atomic E-state index is 0.0540. The molecule has 3 N–H and O–H groups in total. The molecule has 1 aromatic carbocycles. The quantitative estimate of drug-likeness (QED) is 0.813. The Morgan fingerprint density at radius 3 is 2.92 bits per heavy atom. The second-order valence-corrected chi connectivity index (χ2v) is 5.62. The van der Waals surface area contributed by atoms with E-state index in [2.05, 4.69) is 4.98 Å². The molecule has 3 rings (SSSR count). The van der Waals surface area contributed by atoms with Gasteiger partial charge in [-0.3, -0.25) is 14.4 Å². The first-order valence-corrected chi connectivity index (χ1v) is 7.39. The van der Waals surface area contributed by atoms with E-state index < -0.39 is 17.8 Å². The van der Waals surface area contributed by atoms with Gasteiger partial charge >= 0.3 is 5.97 Å². The third-order valence-corrected chi connectivity index (χ3v) is 3.75. The number of rotatable bonds is 4. The number of carbonyl (C=O) groups excluding carboxylic acids is 2. The van der Waals surface area contributed by atoms with Crippen LogP contribution in [0.4, 0.5) is 0 Å². The number of aromatic amines is 1. The summed E-state index contributed by atoms with van der Waals surface area (Å²) in [5.41, 5.74) is 6.53. The normalized spacial score (nSPS) is 16.2. The molecule has 1 aliphatic heterocycles. The van der Waals surface area contributed by atoms with Crippen LogP contribution in [0, 0.1) is 6.92 Å². The van der Waals surface area contributed by atoms with Crippen molar-refractivity contribution in [3.05, 3.63) is 57.5 Å². The molecule has 0 saturated carbocycles. The molecule has 24 heavy (non-hydrogen) atoms. The van der Waals surface area contributed by atoms with Crippen LogP contribution in [0.1, 0.15) is 29.2 Å². The molecule has 1 aromatic heterocycles. The second-order valence-electron chi connectivity index (χ2n) is 5.62. The first-order valence-electron chi connectivity index (χ1n) is 7.39. The molecule has 0 fully saturated rings. The topological polar surface area (TPSA) is 111 Å². The van der Waals surface area contributed by atoms with Gasteiger partial charge in [0, 0.05) is 17.7 Å². The third kappa shape index (κ3) is 3.15. The zero-order chi connectivity index (χ0) is 17.3. The molecule has 124 valence electrons. The lowest BCUT2D eigenvalue weighted by Gasteiger charge is -2.24. The minimum atomic E-state index is -0.584. The van der Waals surface area contributed by atoms with Crippen molar-refractivity contribution >= 4 is 11.9 Å². The number of nitrogens with one attached hydrogen (secondary N) is 1. The van der Waals surface area contributed by atoms with Crippen LogP contribution in [-0.4, -0.2) is 23.5 Å². The fourth-order valence-corrected chi connectivity index (χ4v) is 2.78. The predicted octanol–water partition coefficient (Wildman–Crippen LogP) is 0.988. The van der Waals surface area contributed by atoms with Gasteiger partial charge in [-0.05, 0) is 24.6 Å². The number of pyridine rings is 1. The summed E-state index contributed by atoms with van der Waals surface area (Å²) >= 11 is 0. The number of nitrogens with two attached hydrogens (primary N) is 1. The van der Waals surface area contributed by atoms with Gasteiger partial charge in [0.25, 0.3) is 11.5 Å². The predicted molar refractivity (Wildman–Crippen MR) is 85.0 cm³/mol. The van der Waals surface area contributed by atoms with Gasteiger partial charge in [0.2, 0.25) is 0 Å². The maximum Gasteiger partial charge on any atom is 0.312 e. The van der Waals surface area contributed by atoms with Crippen LogP contribution < -0.4 is 20.8 Å². The highest BCUT2D eigenvalue weighted by molar-refractivity contribution is 5.77. The molecule has 2 aromatic rings. The van der Waals surface area contributed by atoms with Gasteiger partial charge in [0.15, 0.2) is 6.61 Å². The lowest BCUT2D eigenvalue weighted by Crippen LogP contribution is -2.28. The number of aromatic nitrogens is 1. The van der Waals surface area contributed by atoms with E-state index in [4.69, 9.17) is 15.2 Å². The molecule has 0 saturated heterocycles. The van der Waals surface area contributed by atoms with Gasteiger partial charge in [-0.2, -0.15) is 0 Å². The first kappa shape index (κ1) is 15.8. The van der Waals surface area contributed by atoms with Gasteiger partial charge in [-0.15, -0.1) is 0 Å². The van der Waals surface area contributed by atoms with Crippen molar-refractivity contribution in [3.8, 4) is 11.5 Å². The van der Waals surface area contributed by atoms with Gasteiger partial charge in [0.1, 0.15) is 11.5 Å². The van der Waals surface area contributed by atoms with E-state index in [1.807, 2.05) is 0 Å². The second kappa shape index (κ2) is 6.19. The highest BCUT2D eigenvalue weighted by Gasteiger charge is 2.31. The van der Waals surface area contributed by atoms with Gasteiger partial charge in [-0.25, -0.2) is 0 Å². The highest BCUT2D eigenvalue weighted by Crippen LogP contribution is 2.37. The number of primary amides is 1. The van der Waals surface area contributed by atoms with Crippen LogP contribution in [0.15, 0.2) is 35.1 Å². The number of H-pyrrole nitrogens is 1. The molecule has 0 bridgehead atoms. The number of carbonyl (C=O) groups is 2. The number of hydrogen-bond acceptors (Lipinski definition) is 5. The summed E-state index contributed by atoms with van der Waals surface area (Å²) in [6.07, 6.45) is 0.0540. The third-order valence-electron chi connectivity index (χ3n) is 3.75. The van der Waals surface area contributed by atoms with E-state index in [-0.39, 0.29) is 24.3 Å². The Morgan fingerprint density at radius 2 is 2.17 bits per heavy atom. The van der Waals surface area contributed by atoms with E-state index in [0.29, 0.717) is 17.0 Å². The number of amides is 1. The lowest BCUT2D eigenvalue weighted by atomic mass is 9.87. The zero-order valence-electron chi connectivity index (χ0n) is 13.0. The summed E-state index contributed by atoms with van der Waals surface area (Å²) in [5.74, 6) is -0.709. The van der Waals surface area contributed by atoms with Crippen LogP contribution >= 0.6 is 0 Å². The summed E-state index contributed by atoms with van der Waals surface area (Å²) in [4.78, 5) is 37.8. The van der Waals surface area contributed by atoms with Crippen molar-refractivity contribution in [1.29, 1.82) is 0 Å². The smallest absolute Gasteiger partial charge is 0.312 e. The average molecular weight is 328 g/mol. The van der Waals surface area contributed by atoms with E-state index in [9.17, 15) is 14.4 Å². The standard InChI is InChI=1S/C17H16N2O5/c1-9-5-13-16(17(22)19-9)12(7-15(21)24-13)10-3-2-4-11(6-10)23-8-14(18)20/h2-6,12H,7-8H2,1H3,(H2,18,20)(H,19,22). The Balaban J connectivity index is 2.02. The monoisotopic (exact) mass is 328 g/mol. The van der Waals surface area contributed by atoms with E-state index in [1.165, 1.54) is 0 Å². The van der Waals surface area contributed by atoms with Crippen molar-refractivity contribution in [2.24, 2.45) is 5.73 Å². The Bertz CT molecular complexity index is 872. The van der Waals surface area contributed by atoms with Crippen LogP contribution in [0.3, 0.4) is 0 Å². The number of hydrogen-bond donors (Lipinski definition) is 2. The largest absolute Gasteiger partial charge is 0.484 e. The molecule has 0 aliphatic carbocycles. The maximum atomic E-state index is 12.3. The van der Waals surface area contributed by atoms with Crippen molar-refractivity contribution < 1.29 is 19.1 Å². The summed E-state index contributed by atoms with van der Waals surface area (Å²) in [6.45, 7) is 1.48. The molecule has 1 atom stereocenters. The fourth-order valence-electron chi connectivity index (χ4n) is 2.78. The van der Waals surface area contributed by atoms with E-state index in [0.717, 1.165) is 5.56 Å². The van der Waals surface area contributed by atoms with E-state index in [1.54, 1.807) is 37.3 Å². The Morgan fingerprint density at radius 1 is 1.38 bits per heavy atom. The fraction of sp³-hybridized carbons (Fsp3) is 0.235. The molecule has 7 heteroatoms. The van der Waals surface area contributed by atoms with Crippen molar-refractivity contribution in [1.82, 2.24) is 4.98 Å². The SMILES string of the molecule is Cc1cc2c(c(=O)[nH]1)C(c1cccc(OCC(N)=O)c1)CC(=O)O2. The van der Waals surface area contributed by atoms with Gasteiger partial charge < -0.3 is 20.2 Å². The van der Waals surface area contributed by atoms with Gasteiger partial charge in [0.05, 0.1) is 12.0 Å². The Labute approximate surface area is 137 Å². The zero-order valence-corrected chi connectivity index (χ0v) is 13.0. The molecule has 0 spiro atoms. The summed E-state index contributed by atoms with van der Waals surface area (Å²) in [6, 6.07) is 8.52.